The van der Waals surface area contributed by atoms with Gasteiger partial charge in [0.25, 0.3) is 0 Å². The molecule has 0 aliphatic heterocycles. The summed E-state index contributed by atoms with van der Waals surface area (Å²) in [6, 6.07) is 7.23. The van der Waals surface area contributed by atoms with E-state index in [4.69, 9.17) is 4.74 Å². The van der Waals surface area contributed by atoms with E-state index in [1.165, 1.54) is 6.92 Å². The Morgan fingerprint density at radius 2 is 2.00 bits per heavy atom. The predicted molar refractivity (Wildman–Crippen MR) is 60.3 cm³/mol. The van der Waals surface area contributed by atoms with E-state index in [0.29, 0.717) is 5.56 Å². The van der Waals surface area contributed by atoms with E-state index in [2.05, 4.69) is 15.9 Å². The molecule has 3 nitrogen and oxygen atoms in total. The van der Waals surface area contributed by atoms with E-state index in [1.807, 2.05) is 12.1 Å². The molecular formula is C11H13BrO3. The van der Waals surface area contributed by atoms with Crippen molar-refractivity contribution >= 4 is 21.9 Å². The molecule has 1 rings (SSSR count). The van der Waals surface area contributed by atoms with Gasteiger partial charge >= 0.3 is 5.97 Å². The van der Waals surface area contributed by atoms with Crippen molar-refractivity contribution in [1.29, 1.82) is 0 Å². The Hall–Kier alpha value is -0.870. The zero-order valence-electron chi connectivity index (χ0n) is 8.66. The van der Waals surface area contributed by atoms with Gasteiger partial charge in [0.2, 0.25) is 0 Å². The van der Waals surface area contributed by atoms with Crippen LogP contribution in [0.2, 0.25) is 0 Å². The number of carbonyl (C=O) groups is 1. The molecule has 0 saturated heterocycles. The Morgan fingerprint density at radius 1 is 1.47 bits per heavy atom. The molecule has 0 aliphatic carbocycles. The molecule has 0 heterocycles. The first kappa shape index (κ1) is 12.2. The van der Waals surface area contributed by atoms with E-state index in [9.17, 15) is 9.90 Å². The summed E-state index contributed by atoms with van der Waals surface area (Å²) < 4.78 is 5.73. The van der Waals surface area contributed by atoms with Gasteiger partial charge in [-0.2, -0.15) is 0 Å². The van der Waals surface area contributed by atoms with Crippen molar-refractivity contribution in [1.82, 2.24) is 0 Å². The van der Waals surface area contributed by atoms with Crippen LogP contribution in [0.1, 0.15) is 19.4 Å². The number of ether oxygens (including phenoxy) is 1. The maximum Gasteiger partial charge on any atom is 0.302 e. The molecule has 1 N–H and O–H groups in total. The molecule has 0 unspecified atom stereocenters. The molecule has 4 heteroatoms. The lowest BCUT2D eigenvalue weighted by molar-refractivity contribution is -0.148. The quantitative estimate of drug-likeness (QED) is 0.859. The van der Waals surface area contributed by atoms with Crippen LogP contribution >= 0.6 is 15.9 Å². The monoisotopic (exact) mass is 272 g/mol. The molecule has 1 atom stereocenters. The number of benzene rings is 1. The van der Waals surface area contributed by atoms with Crippen LogP contribution in [0.25, 0.3) is 0 Å². The lowest BCUT2D eigenvalue weighted by Crippen LogP contribution is -2.28. The van der Waals surface area contributed by atoms with Crippen LogP contribution in [-0.4, -0.2) is 17.7 Å². The molecule has 0 fully saturated rings. The second kappa shape index (κ2) is 4.77. The normalized spacial score (nSPS) is 14.4. The van der Waals surface area contributed by atoms with E-state index in [0.717, 1.165) is 4.47 Å². The number of carbonyl (C=O) groups excluding carboxylic acids is 1. The fraction of sp³-hybridized carbons (Fsp3) is 0.364. The van der Waals surface area contributed by atoms with Gasteiger partial charge in [0.1, 0.15) is 12.2 Å². The van der Waals surface area contributed by atoms with Crippen LogP contribution in [0.3, 0.4) is 0 Å². The second-order valence-electron chi connectivity index (χ2n) is 3.56. The van der Waals surface area contributed by atoms with Crippen LogP contribution in [0, 0.1) is 0 Å². The standard InChI is InChI=1S/C11H13BrO3/c1-8(13)15-7-11(2,14)9-3-5-10(12)6-4-9/h3-6,14H,7H2,1-2H3/t11-/m0/s1. The van der Waals surface area contributed by atoms with Crippen molar-refractivity contribution in [2.75, 3.05) is 6.61 Å². The summed E-state index contributed by atoms with van der Waals surface area (Å²) in [5.74, 6) is -0.396. The molecular weight excluding hydrogens is 260 g/mol. The van der Waals surface area contributed by atoms with Crippen LogP contribution in [-0.2, 0) is 15.1 Å². The average molecular weight is 273 g/mol. The van der Waals surface area contributed by atoms with Gasteiger partial charge in [-0.15, -0.1) is 0 Å². The van der Waals surface area contributed by atoms with Crippen LogP contribution in [0.15, 0.2) is 28.7 Å². The predicted octanol–water partition coefficient (Wildman–Crippen LogP) is 2.22. The van der Waals surface area contributed by atoms with Crippen LogP contribution in [0.4, 0.5) is 0 Å². The number of halogens is 1. The third kappa shape index (κ3) is 3.64. The first-order chi connectivity index (χ1) is 6.92. The Morgan fingerprint density at radius 3 is 2.47 bits per heavy atom. The van der Waals surface area contributed by atoms with Crippen molar-refractivity contribution in [2.24, 2.45) is 0 Å². The topological polar surface area (TPSA) is 46.5 Å². The third-order valence-electron chi connectivity index (χ3n) is 2.02. The van der Waals surface area contributed by atoms with E-state index < -0.39 is 11.6 Å². The van der Waals surface area contributed by atoms with Crippen LogP contribution < -0.4 is 0 Å². The largest absolute Gasteiger partial charge is 0.462 e. The van der Waals surface area contributed by atoms with Gasteiger partial charge in [-0.3, -0.25) is 4.79 Å². The first-order valence-corrected chi connectivity index (χ1v) is 5.33. The summed E-state index contributed by atoms with van der Waals surface area (Å²) in [4.78, 5) is 10.6. The number of esters is 1. The average Bonchev–Trinajstić information content (AvgIpc) is 2.16. The van der Waals surface area contributed by atoms with Gasteiger partial charge in [-0.25, -0.2) is 0 Å². The summed E-state index contributed by atoms with van der Waals surface area (Å²) in [6.07, 6.45) is 0. The zero-order valence-corrected chi connectivity index (χ0v) is 10.2. The van der Waals surface area contributed by atoms with Crippen molar-refractivity contribution in [3.63, 3.8) is 0 Å². The van der Waals surface area contributed by atoms with Crippen molar-refractivity contribution in [3.8, 4) is 0 Å². The van der Waals surface area contributed by atoms with Crippen molar-refractivity contribution in [3.05, 3.63) is 34.3 Å². The maximum atomic E-state index is 10.6. The Balaban J connectivity index is 2.76. The summed E-state index contributed by atoms with van der Waals surface area (Å²) >= 11 is 3.31. The van der Waals surface area contributed by atoms with Gasteiger partial charge in [0, 0.05) is 11.4 Å². The minimum Gasteiger partial charge on any atom is -0.462 e. The summed E-state index contributed by atoms with van der Waals surface area (Å²) in [5.41, 5.74) is -0.432. The lowest BCUT2D eigenvalue weighted by atomic mass is 9.97. The van der Waals surface area contributed by atoms with E-state index in [-0.39, 0.29) is 6.61 Å². The minimum atomic E-state index is -1.15. The summed E-state index contributed by atoms with van der Waals surface area (Å²) in [5, 5.41) is 10.0. The number of rotatable bonds is 3. The smallest absolute Gasteiger partial charge is 0.302 e. The van der Waals surface area contributed by atoms with E-state index >= 15 is 0 Å². The molecule has 1 aromatic carbocycles. The van der Waals surface area contributed by atoms with Crippen molar-refractivity contribution < 1.29 is 14.6 Å². The second-order valence-corrected chi connectivity index (χ2v) is 4.48. The van der Waals surface area contributed by atoms with Crippen LogP contribution in [0.5, 0.6) is 0 Å². The van der Waals surface area contributed by atoms with Gasteiger partial charge in [0.05, 0.1) is 0 Å². The Bertz CT molecular complexity index is 343. The minimum absolute atomic E-state index is 0.0377. The Labute approximate surface area is 97.2 Å². The SMILES string of the molecule is CC(=O)OC[C@](C)(O)c1ccc(Br)cc1. The molecule has 0 saturated carbocycles. The highest BCUT2D eigenvalue weighted by atomic mass is 79.9. The van der Waals surface area contributed by atoms with Gasteiger partial charge in [-0.1, -0.05) is 28.1 Å². The number of aliphatic hydroxyl groups is 1. The molecule has 1 aromatic rings. The fourth-order valence-electron chi connectivity index (χ4n) is 1.13. The van der Waals surface area contributed by atoms with Crippen molar-refractivity contribution in [2.45, 2.75) is 19.4 Å². The van der Waals surface area contributed by atoms with Gasteiger partial charge in [-0.05, 0) is 24.6 Å². The molecule has 82 valence electrons. The number of hydrogen-bond donors (Lipinski definition) is 1. The first-order valence-electron chi connectivity index (χ1n) is 4.53. The molecule has 0 bridgehead atoms. The number of hydrogen-bond acceptors (Lipinski definition) is 3. The molecule has 0 spiro atoms. The molecule has 0 aliphatic rings. The maximum absolute atomic E-state index is 10.6. The molecule has 0 aromatic heterocycles. The van der Waals surface area contributed by atoms with E-state index in [1.54, 1.807) is 19.1 Å². The summed E-state index contributed by atoms with van der Waals surface area (Å²) in [7, 11) is 0. The fourth-order valence-corrected chi connectivity index (χ4v) is 1.40. The third-order valence-corrected chi connectivity index (χ3v) is 2.55. The molecule has 0 radical (unpaired) electrons. The Kier molecular flexibility index (Phi) is 3.88. The molecule has 0 amide bonds. The highest BCUT2D eigenvalue weighted by molar-refractivity contribution is 9.10. The zero-order chi connectivity index (χ0) is 11.5. The highest BCUT2D eigenvalue weighted by Gasteiger charge is 2.24. The summed E-state index contributed by atoms with van der Waals surface area (Å²) in [6.45, 7) is 2.89. The lowest BCUT2D eigenvalue weighted by Gasteiger charge is -2.23. The van der Waals surface area contributed by atoms with Gasteiger partial charge in [0.15, 0.2) is 0 Å². The highest BCUT2D eigenvalue weighted by Crippen LogP contribution is 2.22. The molecule has 15 heavy (non-hydrogen) atoms. The van der Waals surface area contributed by atoms with Gasteiger partial charge < -0.3 is 9.84 Å².